The molecule has 8 heteroatoms. The molecule has 0 N–H and O–H groups in total. The van der Waals surface area contributed by atoms with Crippen LogP contribution in [0.3, 0.4) is 0 Å². The van der Waals surface area contributed by atoms with Crippen LogP contribution in [-0.4, -0.2) is 43.9 Å². The van der Waals surface area contributed by atoms with Crippen molar-refractivity contribution < 1.29 is 23.5 Å². The van der Waals surface area contributed by atoms with Crippen LogP contribution in [-0.2, 0) is 4.79 Å². The molecule has 0 saturated carbocycles. The molecule has 1 aliphatic rings. The number of carbonyl (C=O) groups excluding carboxylic acids is 1. The highest BCUT2D eigenvalue weighted by Crippen LogP contribution is 2.33. The Morgan fingerprint density at radius 1 is 0.966 bits per heavy atom. The molecule has 3 aromatic rings. The second-order valence-electron chi connectivity index (χ2n) is 6.66. The summed E-state index contributed by atoms with van der Waals surface area (Å²) in [6, 6.07) is 12.7. The highest BCUT2D eigenvalue weighted by Gasteiger charge is 2.34. The molecule has 8 nitrogen and oxygen atoms in total. The molecule has 2 heterocycles. The van der Waals surface area contributed by atoms with E-state index in [1.54, 1.807) is 44.4 Å². The third kappa shape index (κ3) is 3.73. The van der Waals surface area contributed by atoms with Gasteiger partial charge in [0.15, 0.2) is 5.82 Å². The van der Waals surface area contributed by atoms with Gasteiger partial charge in [-0.25, -0.2) is 0 Å². The number of methoxy groups -OCH3 is 3. The molecule has 0 aliphatic carbocycles. The van der Waals surface area contributed by atoms with Gasteiger partial charge in [0.25, 0.3) is 5.89 Å². The zero-order chi connectivity index (χ0) is 20.4. The van der Waals surface area contributed by atoms with Gasteiger partial charge in [-0.15, -0.1) is 0 Å². The topological polar surface area (TPSA) is 86.9 Å². The van der Waals surface area contributed by atoms with Crippen molar-refractivity contribution in [3.05, 3.63) is 48.3 Å². The molecule has 0 radical (unpaired) electrons. The van der Waals surface area contributed by atoms with Gasteiger partial charge in [0.2, 0.25) is 5.91 Å². The molecule has 0 unspecified atom stereocenters. The molecule has 1 aromatic heterocycles. The van der Waals surface area contributed by atoms with Crippen molar-refractivity contribution in [2.75, 3.05) is 32.8 Å². The quantitative estimate of drug-likeness (QED) is 0.633. The van der Waals surface area contributed by atoms with Gasteiger partial charge in [-0.1, -0.05) is 5.16 Å². The van der Waals surface area contributed by atoms with Gasteiger partial charge in [-0.3, -0.25) is 4.79 Å². The average Bonchev–Trinajstić information content (AvgIpc) is 3.40. The second kappa shape index (κ2) is 7.83. The Labute approximate surface area is 168 Å². The lowest BCUT2D eigenvalue weighted by atomic mass is 10.1. The first-order valence-corrected chi connectivity index (χ1v) is 9.12. The molecule has 1 atom stereocenters. The SMILES string of the molecule is COc1ccc(N2C[C@H](c3noc(-c4cc(OC)cc(OC)c4)n3)CC2=O)cc1. The second-order valence-corrected chi connectivity index (χ2v) is 6.66. The molecule has 1 aliphatic heterocycles. The molecular formula is C21H21N3O5. The standard InChI is InChI=1S/C21H21N3O5/c1-26-16-6-4-15(5-7-16)24-12-14(10-19(24)25)20-22-21(29-23-20)13-8-17(27-2)11-18(9-13)28-3/h4-9,11,14H,10,12H2,1-3H3/t14-/m1/s1. The Morgan fingerprint density at radius 3 is 2.24 bits per heavy atom. The van der Waals surface area contributed by atoms with Gasteiger partial charge in [-0.2, -0.15) is 4.98 Å². The highest BCUT2D eigenvalue weighted by atomic mass is 16.5. The monoisotopic (exact) mass is 395 g/mol. The fraction of sp³-hybridized carbons (Fsp3) is 0.286. The summed E-state index contributed by atoms with van der Waals surface area (Å²) in [5, 5.41) is 4.11. The molecule has 29 heavy (non-hydrogen) atoms. The van der Waals surface area contributed by atoms with Gasteiger partial charge >= 0.3 is 0 Å². The predicted octanol–water partition coefficient (Wildman–Crippen LogP) is 3.28. The molecule has 2 aromatic carbocycles. The zero-order valence-electron chi connectivity index (χ0n) is 16.4. The van der Waals surface area contributed by atoms with Crippen LogP contribution in [0.5, 0.6) is 17.2 Å². The zero-order valence-corrected chi connectivity index (χ0v) is 16.4. The van der Waals surface area contributed by atoms with Gasteiger partial charge in [0.1, 0.15) is 17.2 Å². The molecule has 0 bridgehead atoms. The van der Waals surface area contributed by atoms with Crippen molar-refractivity contribution in [2.45, 2.75) is 12.3 Å². The van der Waals surface area contributed by atoms with E-state index in [1.165, 1.54) is 0 Å². The van der Waals surface area contributed by atoms with Crippen molar-refractivity contribution in [3.8, 4) is 28.7 Å². The molecule has 1 saturated heterocycles. The third-order valence-electron chi connectivity index (χ3n) is 4.91. The van der Waals surface area contributed by atoms with Gasteiger partial charge in [0, 0.05) is 36.2 Å². The molecule has 0 spiro atoms. The van der Waals surface area contributed by atoms with Crippen LogP contribution in [0.4, 0.5) is 5.69 Å². The van der Waals surface area contributed by atoms with Gasteiger partial charge in [0.05, 0.1) is 21.3 Å². The van der Waals surface area contributed by atoms with Crippen LogP contribution < -0.4 is 19.1 Å². The summed E-state index contributed by atoms with van der Waals surface area (Å²) in [5.41, 5.74) is 1.51. The van der Waals surface area contributed by atoms with Crippen LogP contribution in [0.1, 0.15) is 18.2 Å². The summed E-state index contributed by atoms with van der Waals surface area (Å²) in [7, 11) is 4.77. The molecule has 1 amide bonds. The Bertz CT molecular complexity index is 993. The Hall–Kier alpha value is -3.55. The summed E-state index contributed by atoms with van der Waals surface area (Å²) < 4.78 is 21.2. The Balaban J connectivity index is 1.55. The van der Waals surface area contributed by atoms with E-state index in [1.807, 2.05) is 24.3 Å². The van der Waals surface area contributed by atoms with Crippen molar-refractivity contribution in [2.24, 2.45) is 0 Å². The maximum atomic E-state index is 12.5. The van der Waals surface area contributed by atoms with Crippen molar-refractivity contribution in [3.63, 3.8) is 0 Å². The van der Waals surface area contributed by atoms with Gasteiger partial charge in [-0.05, 0) is 36.4 Å². The number of aromatic nitrogens is 2. The predicted molar refractivity (Wildman–Crippen MR) is 106 cm³/mol. The fourth-order valence-corrected chi connectivity index (χ4v) is 3.34. The van der Waals surface area contributed by atoms with Crippen molar-refractivity contribution in [1.82, 2.24) is 10.1 Å². The molecular weight excluding hydrogens is 374 g/mol. The maximum Gasteiger partial charge on any atom is 0.258 e. The van der Waals surface area contributed by atoms with Crippen LogP contribution in [0.15, 0.2) is 47.0 Å². The van der Waals surface area contributed by atoms with E-state index in [-0.39, 0.29) is 11.8 Å². The number of carbonyl (C=O) groups is 1. The number of benzene rings is 2. The summed E-state index contributed by atoms with van der Waals surface area (Å²) >= 11 is 0. The lowest BCUT2D eigenvalue weighted by molar-refractivity contribution is -0.117. The number of amides is 1. The minimum atomic E-state index is -0.144. The van der Waals surface area contributed by atoms with Crippen LogP contribution in [0.25, 0.3) is 11.5 Å². The van der Waals surface area contributed by atoms with E-state index >= 15 is 0 Å². The van der Waals surface area contributed by atoms with E-state index in [2.05, 4.69) is 10.1 Å². The fourth-order valence-electron chi connectivity index (χ4n) is 3.34. The minimum absolute atomic E-state index is 0.0227. The van der Waals surface area contributed by atoms with E-state index in [4.69, 9.17) is 18.7 Å². The normalized spacial score (nSPS) is 16.2. The molecule has 4 rings (SSSR count). The first-order chi connectivity index (χ1) is 14.1. The first-order valence-electron chi connectivity index (χ1n) is 9.12. The largest absolute Gasteiger partial charge is 0.497 e. The highest BCUT2D eigenvalue weighted by molar-refractivity contribution is 5.96. The lowest BCUT2D eigenvalue weighted by Crippen LogP contribution is -2.24. The Morgan fingerprint density at radius 2 is 1.62 bits per heavy atom. The van der Waals surface area contributed by atoms with Crippen molar-refractivity contribution >= 4 is 11.6 Å². The van der Waals surface area contributed by atoms with E-state index < -0.39 is 0 Å². The number of hydrogen-bond acceptors (Lipinski definition) is 7. The van der Waals surface area contributed by atoms with Crippen LogP contribution >= 0.6 is 0 Å². The summed E-state index contributed by atoms with van der Waals surface area (Å²) in [4.78, 5) is 18.8. The van der Waals surface area contributed by atoms with Crippen LogP contribution in [0.2, 0.25) is 0 Å². The van der Waals surface area contributed by atoms with Crippen molar-refractivity contribution in [1.29, 1.82) is 0 Å². The summed E-state index contributed by atoms with van der Waals surface area (Å²) in [6.07, 6.45) is 0.326. The first kappa shape index (κ1) is 18.8. The van der Waals surface area contributed by atoms with E-state index in [0.717, 1.165) is 11.4 Å². The molecule has 1 fully saturated rings. The smallest absolute Gasteiger partial charge is 0.258 e. The van der Waals surface area contributed by atoms with Crippen LogP contribution in [0, 0.1) is 0 Å². The molecule has 150 valence electrons. The third-order valence-corrected chi connectivity index (χ3v) is 4.91. The lowest BCUT2D eigenvalue weighted by Gasteiger charge is -2.16. The summed E-state index contributed by atoms with van der Waals surface area (Å²) in [6.45, 7) is 0.492. The summed E-state index contributed by atoms with van der Waals surface area (Å²) in [5.74, 6) is 2.73. The maximum absolute atomic E-state index is 12.5. The average molecular weight is 395 g/mol. The number of ether oxygens (including phenoxy) is 3. The minimum Gasteiger partial charge on any atom is -0.497 e. The van der Waals surface area contributed by atoms with Gasteiger partial charge < -0.3 is 23.6 Å². The number of hydrogen-bond donors (Lipinski definition) is 0. The Kier molecular flexibility index (Phi) is 5.07. The van der Waals surface area contributed by atoms with E-state index in [9.17, 15) is 4.79 Å². The number of anilines is 1. The van der Waals surface area contributed by atoms with E-state index in [0.29, 0.717) is 41.7 Å². The number of nitrogens with zero attached hydrogens (tertiary/aromatic N) is 3. The number of rotatable bonds is 6.